The van der Waals surface area contributed by atoms with Gasteiger partial charge in [-0.2, -0.15) is 5.10 Å². The maximum absolute atomic E-state index is 13.4. The lowest BCUT2D eigenvalue weighted by molar-refractivity contribution is -0.119. The van der Waals surface area contributed by atoms with E-state index < -0.39 is 22.5 Å². The molecule has 0 spiro atoms. The van der Waals surface area contributed by atoms with Crippen LogP contribution in [0.15, 0.2) is 107 Å². The molecule has 206 valence electrons. The predicted molar refractivity (Wildman–Crippen MR) is 157 cm³/mol. The lowest BCUT2D eigenvalue weighted by atomic mass is 10.2. The summed E-state index contributed by atoms with van der Waals surface area (Å²) in [5.41, 5.74) is 4.27. The minimum absolute atomic E-state index is 0.0246. The summed E-state index contributed by atoms with van der Waals surface area (Å²) in [4.78, 5) is 12.8. The van der Waals surface area contributed by atoms with E-state index in [1.165, 1.54) is 43.7 Å². The molecular formula is C29H25Cl2N3O5S. The number of carbonyl (C=O) groups is 1. The average Bonchev–Trinajstić information content (AvgIpc) is 2.96. The number of nitrogens with zero attached hydrogens (tertiary/aromatic N) is 2. The van der Waals surface area contributed by atoms with Crippen molar-refractivity contribution in [3.05, 3.63) is 118 Å². The first-order valence-electron chi connectivity index (χ1n) is 12.0. The number of anilines is 1. The van der Waals surface area contributed by atoms with E-state index >= 15 is 0 Å². The minimum Gasteiger partial charge on any atom is -0.495 e. The maximum atomic E-state index is 13.4. The third-order valence-corrected chi connectivity index (χ3v) is 7.98. The number of carbonyl (C=O) groups excluding carboxylic acids is 1. The molecule has 40 heavy (non-hydrogen) atoms. The standard InChI is InChI=1S/C29H25Cl2N3O5S/c1-38-28-16-13-24(17-27(28)31)34(40(36,37)26-5-3-2-4-6-26)19-29(35)33-32-18-21-9-14-25(15-10-21)39-20-22-7-11-23(30)12-8-22/h2-18H,19-20H2,1H3,(H,33,35)/b32-18-. The summed E-state index contributed by atoms with van der Waals surface area (Å²) in [7, 11) is -2.64. The number of hydrogen-bond donors (Lipinski definition) is 1. The molecule has 0 aliphatic rings. The monoisotopic (exact) mass is 597 g/mol. The summed E-state index contributed by atoms with van der Waals surface area (Å²) in [5.74, 6) is 0.389. The van der Waals surface area contributed by atoms with Gasteiger partial charge in [0.15, 0.2) is 0 Å². The molecule has 0 aliphatic heterocycles. The number of amides is 1. The summed E-state index contributed by atoms with van der Waals surface area (Å²) in [6, 6.07) is 26.8. The van der Waals surface area contributed by atoms with Gasteiger partial charge in [-0.05, 0) is 77.9 Å². The number of rotatable bonds is 11. The van der Waals surface area contributed by atoms with Crippen molar-refractivity contribution >= 4 is 51.0 Å². The second-order valence-corrected chi connectivity index (χ2v) is 11.1. The van der Waals surface area contributed by atoms with Crippen molar-refractivity contribution in [2.75, 3.05) is 18.0 Å². The summed E-state index contributed by atoms with van der Waals surface area (Å²) in [5, 5.41) is 4.84. The van der Waals surface area contributed by atoms with Crippen molar-refractivity contribution in [3.8, 4) is 11.5 Å². The van der Waals surface area contributed by atoms with E-state index in [0.717, 1.165) is 9.87 Å². The molecule has 1 amide bonds. The Morgan fingerprint density at radius 1 is 0.950 bits per heavy atom. The van der Waals surface area contributed by atoms with Gasteiger partial charge in [-0.25, -0.2) is 13.8 Å². The van der Waals surface area contributed by atoms with E-state index in [1.54, 1.807) is 54.6 Å². The van der Waals surface area contributed by atoms with Gasteiger partial charge in [0.05, 0.1) is 28.9 Å². The zero-order valence-electron chi connectivity index (χ0n) is 21.3. The highest BCUT2D eigenvalue weighted by atomic mass is 35.5. The van der Waals surface area contributed by atoms with E-state index in [0.29, 0.717) is 28.7 Å². The molecule has 11 heteroatoms. The van der Waals surface area contributed by atoms with Gasteiger partial charge in [-0.1, -0.05) is 53.5 Å². The molecule has 0 radical (unpaired) electrons. The van der Waals surface area contributed by atoms with E-state index in [2.05, 4.69) is 10.5 Å². The molecule has 0 saturated heterocycles. The Hall–Kier alpha value is -4.05. The predicted octanol–water partition coefficient (Wildman–Crippen LogP) is 5.93. The zero-order chi connectivity index (χ0) is 28.5. The van der Waals surface area contributed by atoms with Crippen LogP contribution in [0.2, 0.25) is 10.0 Å². The van der Waals surface area contributed by atoms with Crippen molar-refractivity contribution in [1.82, 2.24) is 5.43 Å². The van der Waals surface area contributed by atoms with Gasteiger partial charge in [0.2, 0.25) is 0 Å². The molecule has 0 aliphatic carbocycles. The average molecular weight is 599 g/mol. The van der Waals surface area contributed by atoms with Crippen LogP contribution < -0.4 is 19.2 Å². The molecule has 4 aromatic carbocycles. The Labute approximate surface area is 242 Å². The van der Waals surface area contributed by atoms with Crippen LogP contribution in [0.3, 0.4) is 0 Å². The van der Waals surface area contributed by atoms with Crippen molar-refractivity contribution in [2.24, 2.45) is 5.10 Å². The summed E-state index contributed by atoms with van der Waals surface area (Å²) >= 11 is 12.1. The van der Waals surface area contributed by atoms with Gasteiger partial charge < -0.3 is 9.47 Å². The number of nitrogens with one attached hydrogen (secondary N) is 1. The molecule has 0 fully saturated rings. The van der Waals surface area contributed by atoms with E-state index in [9.17, 15) is 13.2 Å². The SMILES string of the molecule is COc1ccc(N(CC(=O)N/N=C\c2ccc(OCc3ccc(Cl)cc3)cc2)S(=O)(=O)c2ccccc2)cc1Cl. The van der Waals surface area contributed by atoms with Crippen LogP contribution in [-0.2, 0) is 21.4 Å². The lowest BCUT2D eigenvalue weighted by Gasteiger charge is -2.24. The first kappa shape index (κ1) is 28.9. The third kappa shape index (κ3) is 7.53. The molecule has 0 saturated carbocycles. The van der Waals surface area contributed by atoms with Gasteiger partial charge in [-0.15, -0.1) is 0 Å². The highest BCUT2D eigenvalue weighted by Crippen LogP contribution is 2.31. The van der Waals surface area contributed by atoms with Gasteiger partial charge in [0.25, 0.3) is 15.9 Å². The molecule has 0 heterocycles. The fraction of sp³-hybridized carbons (Fsp3) is 0.103. The smallest absolute Gasteiger partial charge is 0.264 e. The first-order valence-corrected chi connectivity index (χ1v) is 14.2. The summed E-state index contributed by atoms with van der Waals surface area (Å²) < 4.78 is 38.8. The van der Waals surface area contributed by atoms with Crippen molar-refractivity contribution in [1.29, 1.82) is 0 Å². The van der Waals surface area contributed by atoms with Crippen LogP contribution in [0.1, 0.15) is 11.1 Å². The van der Waals surface area contributed by atoms with Crippen molar-refractivity contribution in [2.45, 2.75) is 11.5 Å². The highest BCUT2D eigenvalue weighted by molar-refractivity contribution is 7.92. The molecule has 0 bridgehead atoms. The lowest BCUT2D eigenvalue weighted by Crippen LogP contribution is -2.39. The van der Waals surface area contributed by atoms with Crippen LogP contribution in [0.25, 0.3) is 0 Å². The van der Waals surface area contributed by atoms with E-state index in [4.69, 9.17) is 32.7 Å². The number of hydrogen-bond acceptors (Lipinski definition) is 6. The molecule has 4 aromatic rings. The third-order valence-electron chi connectivity index (χ3n) is 5.64. The fourth-order valence-corrected chi connectivity index (χ4v) is 5.40. The Morgan fingerprint density at radius 3 is 2.30 bits per heavy atom. The number of sulfonamides is 1. The van der Waals surface area contributed by atoms with Crippen molar-refractivity contribution in [3.63, 3.8) is 0 Å². The Morgan fingerprint density at radius 2 is 1.65 bits per heavy atom. The second-order valence-electron chi connectivity index (χ2n) is 8.42. The Kier molecular flexibility index (Phi) is 9.65. The molecule has 4 rings (SSSR count). The highest BCUT2D eigenvalue weighted by Gasteiger charge is 2.27. The molecule has 0 atom stereocenters. The summed E-state index contributed by atoms with van der Waals surface area (Å²) in [6.45, 7) is -0.142. The van der Waals surface area contributed by atoms with E-state index in [1.807, 2.05) is 12.1 Å². The number of halogens is 2. The molecule has 0 unspecified atom stereocenters. The molecular weight excluding hydrogens is 573 g/mol. The largest absolute Gasteiger partial charge is 0.495 e. The van der Waals surface area contributed by atoms with Crippen LogP contribution in [0.5, 0.6) is 11.5 Å². The second kappa shape index (κ2) is 13.3. The quantitative estimate of drug-likeness (QED) is 0.171. The van der Waals surface area contributed by atoms with Crippen LogP contribution >= 0.6 is 23.2 Å². The normalized spacial score (nSPS) is 11.3. The van der Waals surface area contributed by atoms with E-state index in [-0.39, 0.29) is 15.6 Å². The van der Waals surface area contributed by atoms with Crippen LogP contribution in [0, 0.1) is 0 Å². The van der Waals surface area contributed by atoms with Gasteiger partial charge in [-0.3, -0.25) is 9.10 Å². The van der Waals surface area contributed by atoms with Gasteiger partial charge >= 0.3 is 0 Å². The number of methoxy groups -OCH3 is 1. The Balaban J connectivity index is 1.42. The zero-order valence-corrected chi connectivity index (χ0v) is 23.7. The van der Waals surface area contributed by atoms with Crippen LogP contribution in [-0.4, -0.2) is 34.2 Å². The van der Waals surface area contributed by atoms with Crippen molar-refractivity contribution < 1.29 is 22.7 Å². The number of benzene rings is 4. The van der Waals surface area contributed by atoms with Crippen LogP contribution in [0.4, 0.5) is 5.69 Å². The molecule has 0 aromatic heterocycles. The Bertz CT molecular complexity index is 1580. The topological polar surface area (TPSA) is 97.3 Å². The first-order chi connectivity index (χ1) is 19.3. The van der Waals surface area contributed by atoms with Gasteiger partial charge in [0, 0.05) is 5.02 Å². The van der Waals surface area contributed by atoms with Gasteiger partial charge in [0.1, 0.15) is 24.7 Å². The maximum Gasteiger partial charge on any atom is 0.264 e. The fourth-order valence-electron chi connectivity index (χ4n) is 3.59. The molecule has 1 N–H and O–H groups in total. The minimum atomic E-state index is -4.09. The number of ether oxygens (including phenoxy) is 2. The molecule has 8 nitrogen and oxygen atoms in total. The summed E-state index contributed by atoms with van der Waals surface area (Å²) in [6.07, 6.45) is 1.45. The number of hydrazone groups is 1.